The van der Waals surface area contributed by atoms with Crippen molar-refractivity contribution in [3.05, 3.63) is 58.7 Å². The van der Waals surface area contributed by atoms with E-state index >= 15 is 0 Å². The number of benzene rings is 2. The maximum absolute atomic E-state index is 13.4. The van der Waals surface area contributed by atoms with Gasteiger partial charge in [-0.05, 0) is 74.1 Å². The summed E-state index contributed by atoms with van der Waals surface area (Å²) in [5, 5.41) is 2.98. The standard InChI is InChI=1S/C27H38N2O4/c1-7-9-13-28-27(31)24(8-2)29(17-22-11-10-12-23(16-22)32-6)26(30)18-33-25-15-19(3)14-20(4)21(25)5/h10-12,14-16,24H,7-9,13,17-18H2,1-6H3,(H,28,31)/t24-/m0/s1. The summed E-state index contributed by atoms with van der Waals surface area (Å²) in [6.07, 6.45) is 2.41. The largest absolute Gasteiger partial charge is 0.497 e. The number of carbonyl (C=O) groups excluding carboxylic acids is 2. The Bertz CT molecular complexity index is 942. The lowest BCUT2D eigenvalue weighted by molar-refractivity contribution is -0.143. The molecule has 33 heavy (non-hydrogen) atoms. The monoisotopic (exact) mass is 454 g/mol. The quantitative estimate of drug-likeness (QED) is 0.471. The van der Waals surface area contributed by atoms with E-state index in [2.05, 4.69) is 18.3 Å². The molecular weight excluding hydrogens is 416 g/mol. The van der Waals surface area contributed by atoms with E-state index in [-0.39, 0.29) is 18.4 Å². The van der Waals surface area contributed by atoms with Gasteiger partial charge in [0.1, 0.15) is 17.5 Å². The number of ether oxygens (including phenoxy) is 2. The van der Waals surface area contributed by atoms with Crippen LogP contribution in [-0.4, -0.2) is 43.0 Å². The summed E-state index contributed by atoms with van der Waals surface area (Å²) in [5.74, 6) is 1.05. The van der Waals surface area contributed by atoms with Gasteiger partial charge in [0.15, 0.2) is 6.61 Å². The Morgan fingerprint density at radius 3 is 2.52 bits per heavy atom. The van der Waals surface area contributed by atoms with Gasteiger partial charge < -0.3 is 19.7 Å². The minimum Gasteiger partial charge on any atom is -0.497 e. The number of amides is 2. The van der Waals surface area contributed by atoms with Gasteiger partial charge in [-0.15, -0.1) is 0 Å². The van der Waals surface area contributed by atoms with Crippen molar-refractivity contribution in [2.75, 3.05) is 20.3 Å². The molecule has 2 aromatic carbocycles. The topological polar surface area (TPSA) is 67.9 Å². The van der Waals surface area contributed by atoms with Gasteiger partial charge in [0.25, 0.3) is 5.91 Å². The second kappa shape index (κ2) is 12.9. The van der Waals surface area contributed by atoms with E-state index < -0.39 is 6.04 Å². The zero-order chi connectivity index (χ0) is 24.4. The number of nitrogens with one attached hydrogen (secondary N) is 1. The van der Waals surface area contributed by atoms with Crippen LogP contribution in [0.2, 0.25) is 0 Å². The highest BCUT2D eigenvalue weighted by atomic mass is 16.5. The van der Waals surface area contributed by atoms with E-state index in [0.29, 0.717) is 31.0 Å². The average Bonchev–Trinajstić information content (AvgIpc) is 2.80. The van der Waals surface area contributed by atoms with Crippen LogP contribution in [0, 0.1) is 20.8 Å². The molecule has 0 aliphatic rings. The van der Waals surface area contributed by atoms with E-state index in [0.717, 1.165) is 35.1 Å². The van der Waals surface area contributed by atoms with Gasteiger partial charge in [-0.25, -0.2) is 0 Å². The molecule has 0 fully saturated rings. The Morgan fingerprint density at radius 2 is 1.85 bits per heavy atom. The highest BCUT2D eigenvalue weighted by Gasteiger charge is 2.29. The molecule has 6 nitrogen and oxygen atoms in total. The van der Waals surface area contributed by atoms with E-state index in [1.165, 1.54) is 0 Å². The number of carbonyl (C=O) groups is 2. The molecule has 2 amide bonds. The van der Waals surface area contributed by atoms with Gasteiger partial charge >= 0.3 is 0 Å². The van der Waals surface area contributed by atoms with Crippen molar-refractivity contribution >= 4 is 11.8 Å². The first-order valence-electron chi connectivity index (χ1n) is 11.7. The summed E-state index contributed by atoms with van der Waals surface area (Å²) in [5.41, 5.74) is 4.10. The molecule has 0 spiro atoms. The van der Waals surface area contributed by atoms with Crippen LogP contribution in [0.15, 0.2) is 36.4 Å². The Labute approximate surface area is 198 Å². The number of aryl methyl sites for hydroxylation is 2. The van der Waals surface area contributed by atoms with Crippen molar-refractivity contribution in [2.45, 2.75) is 66.5 Å². The predicted molar refractivity (Wildman–Crippen MR) is 132 cm³/mol. The third kappa shape index (κ3) is 7.52. The summed E-state index contributed by atoms with van der Waals surface area (Å²) >= 11 is 0. The molecule has 2 aromatic rings. The minimum atomic E-state index is -0.579. The molecule has 6 heteroatoms. The van der Waals surface area contributed by atoms with Gasteiger partial charge in [-0.2, -0.15) is 0 Å². The SMILES string of the molecule is CCCCNC(=O)[C@H](CC)N(Cc1cccc(OC)c1)C(=O)COc1cc(C)cc(C)c1C. The molecule has 0 aliphatic carbocycles. The molecule has 1 N–H and O–H groups in total. The lowest BCUT2D eigenvalue weighted by Crippen LogP contribution is -2.50. The Morgan fingerprint density at radius 1 is 1.09 bits per heavy atom. The van der Waals surface area contributed by atoms with Crippen molar-refractivity contribution in [2.24, 2.45) is 0 Å². The van der Waals surface area contributed by atoms with Crippen LogP contribution in [0.25, 0.3) is 0 Å². The lowest BCUT2D eigenvalue weighted by Gasteiger charge is -2.30. The van der Waals surface area contributed by atoms with Crippen LogP contribution in [0.5, 0.6) is 11.5 Å². The second-order valence-electron chi connectivity index (χ2n) is 8.44. The third-order valence-corrected chi connectivity index (χ3v) is 5.82. The smallest absolute Gasteiger partial charge is 0.261 e. The lowest BCUT2D eigenvalue weighted by atomic mass is 10.1. The maximum Gasteiger partial charge on any atom is 0.261 e. The number of hydrogen-bond acceptors (Lipinski definition) is 4. The molecule has 0 heterocycles. The fourth-order valence-corrected chi connectivity index (χ4v) is 3.77. The summed E-state index contributed by atoms with van der Waals surface area (Å²) in [6, 6.07) is 11.0. The fourth-order valence-electron chi connectivity index (χ4n) is 3.77. The van der Waals surface area contributed by atoms with Gasteiger partial charge in [0.05, 0.1) is 7.11 Å². The summed E-state index contributed by atoms with van der Waals surface area (Å²) in [4.78, 5) is 28.0. The molecule has 0 aliphatic heterocycles. The number of nitrogens with zero attached hydrogens (tertiary/aromatic N) is 1. The third-order valence-electron chi connectivity index (χ3n) is 5.82. The van der Waals surface area contributed by atoms with E-state index in [9.17, 15) is 9.59 Å². The highest BCUT2D eigenvalue weighted by molar-refractivity contribution is 5.88. The average molecular weight is 455 g/mol. The van der Waals surface area contributed by atoms with Crippen LogP contribution in [-0.2, 0) is 16.1 Å². The summed E-state index contributed by atoms with van der Waals surface area (Å²) in [6.45, 7) is 10.8. The zero-order valence-corrected chi connectivity index (χ0v) is 20.9. The first kappa shape index (κ1) is 26.2. The van der Waals surface area contributed by atoms with Crippen molar-refractivity contribution in [1.29, 1.82) is 0 Å². The van der Waals surface area contributed by atoms with Gasteiger partial charge in [-0.3, -0.25) is 9.59 Å². The molecular formula is C27H38N2O4. The molecule has 0 aromatic heterocycles. The number of unbranched alkanes of at least 4 members (excludes halogenated alkanes) is 1. The Kier molecular flexibility index (Phi) is 10.2. The van der Waals surface area contributed by atoms with Crippen LogP contribution < -0.4 is 14.8 Å². The number of hydrogen-bond donors (Lipinski definition) is 1. The van der Waals surface area contributed by atoms with Crippen molar-refractivity contribution in [1.82, 2.24) is 10.2 Å². The molecule has 0 unspecified atom stereocenters. The normalized spacial score (nSPS) is 11.6. The maximum atomic E-state index is 13.4. The molecule has 0 saturated carbocycles. The Hall–Kier alpha value is -3.02. The number of methoxy groups -OCH3 is 1. The van der Waals surface area contributed by atoms with Crippen molar-refractivity contribution < 1.29 is 19.1 Å². The van der Waals surface area contributed by atoms with E-state index in [1.54, 1.807) is 12.0 Å². The van der Waals surface area contributed by atoms with Gasteiger partial charge in [0.2, 0.25) is 5.91 Å². The number of rotatable bonds is 12. The fraction of sp³-hybridized carbons (Fsp3) is 0.481. The molecule has 0 radical (unpaired) electrons. The van der Waals surface area contributed by atoms with Gasteiger partial charge in [0, 0.05) is 13.1 Å². The van der Waals surface area contributed by atoms with Crippen molar-refractivity contribution in [3.63, 3.8) is 0 Å². The summed E-state index contributed by atoms with van der Waals surface area (Å²) in [7, 11) is 1.61. The minimum absolute atomic E-state index is 0.132. The van der Waals surface area contributed by atoms with E-state index in [1.807, 2.05) is 58.0 Å². The molecule has 0 bridgehead atoms. The Balaban J connectivity index is 2.25. The van der Waals surface area contributed by atoms with Crippen LogP contribution >= 0.6 is 0 Å². The predicted octanol–water partition coefficient (Wildman–Crippen LogP) is 4.72. The van der Waals surface area contributed by atoms with Gasteiger partial charge in [-0.1, -0.05) is 38.5 Å². The zero-order valence-electron chi connectivity index (χ0n) is 20.9. The first-order chi connectivity index (χ1) is 15.8. The molecule has 2 rings (SSSR count). The molecule has 1 atom stereocenters. The molecule has 0 saturated heterocycles. The highest BCUT2D eigenvalue weighted by Crippen LogP contribution is 2.24. The van der Waals surface area contributed by atoms with Crippen LogP contribution in [0.4, 0.5) is 0 Å². The first-order valence-corrected chi connectivity index (χ1v) is 11.7. The van der Waals surface area contributed by atoms with E-state index in [4.69, 9.17) is 9.47 Å². The second-order valence-corrected chi connectivity index (χ2v) is 8.44. The summed E-state index contributed by atoms with van der Waals surface area (Å²) < 4.78 is 11.3. The van der Waals surface area contributed by atoms with Crippen LogP contribution in [0.3, 0.4) is 0 Å². The molecule has 180 valence electrons. The van der Waals surface area contributed by atoms with Crippen LogP contribution in [0.1, 0.15) is 55.4 Å². The van der Waals surface area contributed by atoms with Crippen molar-refractivity contribution in [3.8, 4) is 11.5 Å².